The molecule has 0 bridgehead atoms. The molecule has 2 amide bonds. The summed E-state index contributed by atoms with van der Waals surface area (Å²) in [4.78, 5) is 25.2. The lowest BCUT2D eigenvalue weighted by molar-refractivity contribution is -0.130. The van der Waals surface area contributed by atoms with Crippen molar-refractivity contribution >= 4 is 34.8 Å². The van der Waals surface area contributed by atoms with Gasteiger partial charge in [0.25, 0.3) is 5.91 Å². The zero-order valence-electron chi connectivity index (χ0n) is 12.5. The van der Waals surface area contributed by atoms with Crippen molar-refractivity contribution < 1.29 is 14.0 Å². The lowest BCUT2D eigenvalue weighted by Crippen LogP contribution is -2.32. The number of rotatable bonds is 6. The number of halogens is 2. The number of amides is 2. The minimum absolute atomic E-state index is 0.0861. The van der Waals surface area contributed by atoms with Gasteiger partial charge in [-0.2, -0.15) is 11.3 Å². The lowest BCUT2D eigenvalue weighted by Gasteiger charge is -2.18. The maximum absolute atomic E-state index is 13.7. The van der Waals surface area contributed by atoms with Gasteiger partial charge in [0.15, 0.2) is 0 Å². The summed E-state index contributed by atoms with van der Waals surface area (Å²) < 4.78 is 13.7. The molecule has 2 aromatic rings. The van der Waals surface area contributed by atoms with Gasteiger partial charge in [0.1, 0.15) is 5.82 Å². The Morgan fingerprint density at radius 3 is 2.78 bits per heavy atom. The monoisotopic (exact) mass is 354 g/mol. The summed E-state index contributed by atoms with van der Waals surface area (Å²) in [6, 6.07) is 6.12. The fourth-order valence-corrected chi connectivity index (χ4v) is 2.84. The van der Waals surface area contributed by atoms with Crippen LogP contribution in [0, 0.1) is 5.82 Å². The van der Waals surface area contributed by atoms with Crippen molar-refractivity contribution in [3.8, 4) is 0 Å². The van der Waals surface area contributed by atoms with Crippen LogP contribution in [0.4, 0.5) is 4.39 Å². The molecule has 0 saturated heterocycles. The van der Waals surface area contributed by atoms with Crippen molar-refractivity contribution in [2.45, 2.75) is 13.0 Å². The van der Waals surface area contributed by atoms with Crippen LogP contribution in [-0.2, 0) is 11.3 Å². The van der Waals surface area contributed by atoms with E-state index >= 15 is 0 Å². The summed E-state index contributed by atoms with van der Waals surface area (Å²) in [5.74, 6) is -0.850. The van der Waals surface area contributed by atoms with E-state index in [1.54, 1.807) is 24.6 Å². The van der Waals surface area contributed by atoms with Crippen LogP contribution in [0.5, 0.6) is 0 Å². The third-order valence-corrected chi connectivity index (χ3v) is 4.33. The summed E-state index contributed by atoms with van der Waals surface area (Å²) >= 11 is 7.38. The molecule has 0 unspecified atom stereocenters. The average Bonchev–Trinajstić information content (AvgIpc) is 3.05. The van der Waals surface area contributed by atoms with Crippen molar-refractivity contribution in [3.63, 3.8) is 0 Å². The molecule has 122 valence electrons. The van der Waals surface area contributed by atoms with Crippen LogP contribution in [0.25, 0.3) is 0 Å². The van der Waals surface area contributed by atoms with E-state index in [0.717, 1.165) is 0 Å². The Hall–Kier alpha value is -1.92. The predicted octanol–water partition coefficient (Wildman–Crippen LogP) is 3.32. The van der Waals surface area contributed by atoms with Crippen LogP contribution in [0.3, 0.4) is 0 Å². The van der Waals surface area contributed by atoms with Crippen LogP contribution < -0.4 is 5.32 Å². The second-order valence-electron chi connectivity index (χ2n) is 4.97. The summed E-state index contributed by atoms with van der Waals surface area (Å²) in [7, 11) is 1.58. The first-order valence-electron chi connectivity index (χ1n) is 6.96. The predicted molar refractivity (Wildman–Crippen MR) is 89.2 cm³/mol. The molecule has 23 heavy (non-hydrogen) atoms. The SMILES string of the molecule is CN(Cc1c(F)cccc1Cl)C(=O)CCNC(=O)c1ccsc1. The molecule has 0 radical (unpaired) electrons. The molecule has 0 aliphatic carbocycles. The van der Waals surface area contributed by atoms with Gasteiger partial charge in [-0.15, -0.1) is 0 Å². The summed E-state index contributed by atoms with van der Waals surface area (Å²) in [5.41, 5.74) is 0.862. The number of nitrogens with zero attached hydrogens (tertiary/aromatic N) is 1. The Labute approximate surface area is 142 Å². The summed E-state index contributed by atoms with van der Waals surface area (Å²) in [6.07, 6.45) is 0.137. The number of carbonyl (C=O) groups excluding carboxylic acids is 2. The third-order valence-electron chi connectivity index (χ3n) is 3.29. The fraction of sp³-hybridized carbons (Fsp3) is 0.250. The third kappa shape index (κ3) is 4.77. The Morgan fingerprint density at radius 2 is 2.13 bits per heavy atom. The zero-order valence-corrected chi connectivity index (χ0v) is 14.1. The van der Waals surface area contributed by atoms with E-state index in [1.807, 2.05) is 5.38 Å². The van der Waals surface area contributed by atoms with Gasteiger partial charge in [-0.1, -0.05) is 17.7 Å². The van der Waals surface area contributed by atoms with Crippen LogP contribution in [-0.4, -0.2) is 30.3 Å². The largest absolute Gasteiger partial charge is 0.351 e. The van der Waals surface area contributed by atoms with Gasteiger partial charge in [0.05, 0.1) is 0 Å². The van der Waals surface area contributed by atoms with Crippen LogP contribution in [0.1, 0.15) is 22.3 Å². The number of hydrogen-bond donors (Lipinski definition) is 1. The van der Waals surface area contributed by atoms with Gasteiger partial charge in [0, 0.05) is 48.1 Å². The first kappa shape index (κ1) is 17.4. The minimum atomic E-state index is -0.442. The highest BCUT2D eigenvalue weighted by molar-refractivity contribution is 7.08. The summed E-state index contributed by atoms with van der Waals surface area (Å²) in [5, 5.41) is 6.52. The van der Waals surface area contributed by atoms with E-state index in [0.29, 0.717) is 5.56 Å². The summed E-state index contributed by atoms with van der Waals surface area (Å²) in [6.45, 7) is 0.311. The molecular formula is C16H16ClFN2O2S. The molecule has 1 aromatic heterocycles. The molecule has 1 N–H and O–H groups in total. The number of thiophene rings is 1. The van der Waals surface area contributed by atoms with E-state index < -0.39 is 5.82 Å². The molecule has 0 fully saturated rings. The zero-order chi connectivity index (χ0) is 16.8. The first-order valence-corrected chi connectivity index (χ1v) is 8.28. The fourth-order valence-electron chi connectivity index (χ4n) is 1.98. The molecule has 0 spiro atoms. The second-order valence-corrected chi connectivity index (χ2v) is 6.16. The molecular weight excluding hydrogens is 339 g/mol. The Kier molecular flexibility index (Phi) is 6.12. The van der Waals surface area contributed by atoms with Crippen LogP contribution in [0.2, 0.25) is 5.02 Å². The van der Waals surface area contributed by atoms with Gasteiger partial charge >= 0.3 is 0 Å². The minimum Gasteiger partial charge on any atom is -0.351 e. The average molecular weight is 355 g/mol. The Balaban J connectivity index is 1.82. The van der Waals surface area contributed by atoms with Gasteiger partial charge in [-0.3, -0.25) is 9.59 Å². The molecule has 0 aliphatic heterocycles. The van der Waals surface area contributed by atoms with Crippen molar-refractivity contribution in [2.24, 2.45) is 0 Å². The van der Waals surface area contributed by atoms with E-state index in [9.17, 15) is 14.0 Å². The van der Waals surface area contributed by atoms with Gasteiger partial charge in [0.2, 0.25) is 5.91 Å². The molecule has 1 aromatic carbocycles. The highest BCUT2D eigenvalue weighted by Crippen LogP contribution is 2.20. The lowest BCUT2D eigenvalue weighted by atomic mass is 10.2. The molecule has 1 heterocycles. The number of hydrogen-bond acceptors (Lipinski definition) is 3. The van der Waals surface area contributed by atoms with Crippen molar-refractivity contribution in [2.75, 3.05) is 13.6 Å². The first-order chi connectivity index (χ1) is 11.0. The highest BCUT2D eigenvalue weighted by atomic mass is 35.5. The van der Waals surface area contributed by atoms with E-state index in [1.165, 1.54) is 28.4 Å². The Morgan fingerprint density at radius 1 is 1.35 bits per heavy atom. The van der Waals surface area contributed by atoms with Crippen molar-refractivity contribution in [3.05, 3.63) is 57.0 Å². The quantitative estimate of drug-likeness (QED) is 0.865. The molecule has 0 aliphatic rings. The Bertz CT molecular complexity index is 671. The smallest absolute Gasteiger partial charge is 0.252 e. The van der Waals surface area contributed by atoms with Crippen LogP contribution in [0.15, 0.2) is 35.0 Å². The normalized spacial score (nSPS) is 10.4. The van der Waals surface area contributed by atoms with Gasteiger partial charge in [-0.05, 0) is 23.6 Å². The van der Waals surface area contributed by atoms with E-state index in [-0.39, 0.29) is 41.9 Å². The number of carbonyl (C=O) groups is 2. The number of nitrogens with one attached hydrogen (secondary N) is 1. The maximum atomic E-state index is 13.7. The molecule has 7 heteroatoms. The maximum Gasteiger partial charge on any atom is 0.252 e. The van der Waals surface area contributed by atoms with Crippen molar-refractivity contribution in [1.82, 2.24) is 10.2 Å². The van der Waals surface area contributed by atoms with Gasteiger partial charge < -0.3 is 10.2 Å². The highest BCUT2D eigenvalue weighted by Gasteiger charge is 2.14. The topological polar surface area (TPSA) is 49.4 Å². The number of benzene rings is 1. The molecule has 0 atom stereocenters. The molecule has 0 saturated carbocycles. The van der Waals surface area contributed by atoms with Crippen molar-refractivity contribution in [1.29, 1.82) is 0 Å². The second kappa shape index (κ2) is 8.08. The standard InChI is InChI=1S/C16H16ClFN2O2S/c1-20(9-12-13(17)3-2-4-14(12)18)15(21)5-7-19-16(22)11-6-8-23-10-11/h2-4,6,8,10H,5,7,9H2,1H3,(H,19,22). The van der Waals surface area contributed by atoms with E-state index in [2.05, 4.69) is 5.32 Å². The van der Waals surface area contributed by atoms with Crippen LogP contribution >= 0.6 is 22.9 Å². The molecule has 4 nitrogen and oxygen atoms in total. The molecule has 2 rings (SSSR count). The van der Waals surface area contributed by atoms with E-state index in [4.69, 9.17) is 11.6 Å². The van der Waals surface area contributed by atoms with Gasteiger partial charge in [-0.25, -0.2) is 4.39 Å².